The second-order valence-corrected chi connectivity index (χ2v) is 26.5. The third kappa shape index (κ3) is 14.8. The van der Waals surface area contributed by atoms with Crippen LogP contribution in [0.1, 0.15) is 0 Å². The molecule has 0 amide bonds. The lowest BCUT2D eigenvalue weighted by Gasteiger charge is -2.19. The average Bonchev–Trinajstić information content (AvgIpc) is 0.765. The predicted molar refractivity (Wildman–Crippen MR) is 447 cm³/mol. The van der Waals surface area contributed by atoms with Crippen LogP contribution >= 0.6 is 0 Å². The fourth-order valence-electron chi connectivity index (χ4n) is 14.2. The zero-order valence-corrected chi connectivity index (χ0v) is 59.1. The molecule has 0 saturated heterocycles. The molecule has 0 atom stereocenters. The van der Waals surface area contributed by atoms with Gasteiger partial charge in [-0.2, -0.15) is 0 Å². The highest BCUT2D eigenvalue weighted by Gasteiger charge is 2.22. The maximum atomic E-state index is 5.25. The van der Waals surface area contributed by atoms with E-state index >= 15 is 0 Å². The molecule has 0 radical (unpaired) electrons. The van der Waals surface area contributed by atoms with E-state index in [1.165, 1.54) is 89.0 Å². The average molecular weight is 1380 g/mol. The fraction of sp³-hybridized carbons (Fsp3) is 0. The van der Waals surface area contributed by atoms with Crippen molar-refractivity contribution in [1.29, 1.82) is 0 Å². The lowest BCUT2D eigenvalue weighted by atomic mass is 9.84. The molecule has 108 heavy (non-hydrogen) atoms. The number of nitrogens with zero attached hydrogens (tertiary/aromatic N) is 6. The summed E-state index contributed by atoms with van der Waals surface area (Å²) in [5, 5.41) is 0. The van der Waals surface area contributed by atoms with Gasteiger partial charge in [0.05, 0.1) is 56.9 Å². The number of hydrogen-bond donors (Lipinski definition) is 0. The maximum absolute atomic E-state index is 5.25. The summed E-state index contributed by atoms with van der Waals surface area (Å²) in [4.78, 5) is 29.4. The summed E-state index contributed by atoms with van der Waals surface area (Å²) in [6, 6.07) is 145. The summed E-state index contributed by atoms with van der Waals surface area (Å²) in [5.41, 5.74) is 33.6. The molecule has 0 aliphatic carbocycles. The van der Waals surface area contributed by atoms with Crippen molar-refractivity contribution in [1.82, 2.24) is 29.9 Å². The van der Waals surface area contributed by atoms with Crippen molar-refractivity contribution in [3.05, 3.63) is 425 Å². The predicted octanol–water partition coefficient (Wildman–Crippen LogP) is 26.4. The van der Waals surface area contributed by atoms with Crippen molar-refractivity contribution >= 4 is 0 Å². The summed E-state index contributed by atoms with van der Waals surface area (Å²) >= 11 is 0. The minimum atomic E-state index is 0.780. The molecular formula is C102H70N6. The van der Waals surface area contributed by atoms with Gasteiger partial charge in [-0.3, -0.25) is 9.97 Å². The first-order valence-electron chi connectivity index (χ1n) is 36.4. The van der Waals surface area contributed by atoms with Crippen LogP contribution in [0.15, 0.2) is 425 Å². The van der Waals surface area contributed by atoms with E-state index < -0.39 is 0 Å². The first-order chi connectivity index (χ1) is 53.5. The van der Waals surface area contributed by atoms with Crippen molar-refractivity contribution in [3.63, 3.8) is 0 Å². The van der Waals surface area contributed by atoms with Gasteiger partial charge in [-0.15, -0.1) is 0 Å². The van der Waals surface area contributed by atoms with Crippen LogP contribution in [0.5, 0.6) is 0 Å². The molecule has 0 aliphatic heterocycles. The Kier molecular flexibility index (Phi) is 19.3. The lowest BCUT2D eigenvalue weighted by molar-refractivity contribution is 1.22. The Bertz CT molecular complexity index is 5380. The van der Waals surface area contributed by atoms with Crippen molar-refractivity contribution in [3.8, 4) is 179 Å². The normalized spacial score (nSPS) is 11.0. The topological polar surface area (TPSA) is 77.3 Å². The van der Waals surface area contributed by atoms with Crippen LogP contribution < -0.4 is 0 Å². The second kappa shape index (κ2) is 31.2. The number of aromatic nitrogens is 6. The zero-order valence-electron chi connectivity index (χ0n) is 59.1. The molecule has 6 nitrogen and oxygen atoms in total. The van der Waals surface area contributed by atoms with Crippen LogP contribution in [0.4, 0.5) is 0 Å². The van der Waals surface area contributed by atoms with Gasteiger partial charge in [0.2, 0.25) is 0 Å². The molecule has 0 unspecified atom stereocenters. The van der Waals surface area contributed by atoms with E-state index in [0.29, 0.717) is 0 Å². The second-order valence-electron chi connectivity index (χ2n) is 26.5. The van der Waals surface area contributed by atoms with E-state index in [-0.39, 0.29) is 0 Å². The van der Waals surface area contributed by atoms with E-state index in [2.05, 4.69) is 325 Å². The maximum Gasteiger partial charge on any atom is 0.0894 e. The number of pyridine rings is 6. The smallest absolute Gasteiger partial charge is 0.0894 e. The minimum Gasteiger partial charge on any atom is -0.255 e. The van der Waals surface area contributed by atoms with Crippen LogP contribution in [0, 0.1) is 0 Å². The molecule has 0 saturated carbocycles. The van der Waals surface area contributed by atoms with Crippen LogP contribution in [0.25, 0.3) is 179 Å². The highest BCUT2D eigenvalue weighted by molar-refractivity contribution is 5.98. The number of hydrogen-bond acceptors (Lipinski definition) is 6. The summed E-state index contributed by atoms with van der Waals surface area (Å²) in [6.45, 7) is 0. The molecule has 508 valence electrons. The standard InChI is InChI=1S/C54H38.C48H32N6/c1-5-17-39(18-6-1)43-25-13-27-45(33-43)47-29-15-31-49(35-47)53-37-52(42-23-11-4-12-24-42)54(38-51(53)41-21-9-3-10-22-41)50-32-16-30-48(36-50)46-28-14-26-44(34-46)40-19-7-2-8-20-40;1-3-15-33(16-4-1)35-31-38(40-22-12-26-46(52-40)48-28-14-24-44(54-48)42-20-8-10-30-50-42)36(34-17-5-2-6-18-34)32-37(35)39-21-11-25-45(51-39)47-27-13-23-43(53-47)41-19-7-9-29-49-41/h1-38H;1-32H. The SMILES string of the molecule is c1ccc(-c2cc(-c3cccc(-c4cccc(-c5ccccn5)n4)n3)c(-c3ccccc3)cc2-c2cccc(-c3cccc(-c4ccccn4)n3)n2)cc1.c1ccc(-c2cccc(-c3cccc(-c4cc(-c5ccccc5)c(-c5cccc(-c6cccc(-c7ccccc7)c6)c5)cc4-c4ccccc4)c3)c2)cc1. The molecule has 6 heteroatoms. The Hall–Kier alpha value is -14.5. The molecule has 0 N–H and O–H groups in total. The molecule has 6 aromatic heterocycles. The van der Waals surface area contributed by atoms with Gasteiger partial charge >= 0.3 is 0 Å². The van der Waals surface area contributed by atoms with Gasteiger partial charge in [0.1, 0.15) is 0 Å². The molecule has 6 heterocycles. The summed E-state index contributed by atoms with van der Waals surface area (Å²) in [7, 11) is 0. The van der Waals surface area contributed by atoms with Crippen LogP contribution in [0.2, 0.25) is 0 Å². The van der Waals surface area contributed by atoms with Gasteiger partial charge in [0, 0.05) is 23.5 Å². The van der Waals surface area contributed by atoms with Crippen LogP contribution in [0.3, 0.4) is 0 Å². The highest BCUT2D eigenvalue weighted by atomic mass is 14.8. The van der Waals surface area contributed by atoms with E-state index in [9.17, 15) is 0 Å². The van der Waals surface area contributed by atoms with Crippen molar-refractivity contribution in [2.75, 3.05) is 0 Å². The van der Waals surface area contributed by atoms with E-state index in [1.54, 1.807) is 12.4 Å². The van der Waals surface area contributed by atoms with Gasteiger partial charge in [-0.1, -0.05) is 291 Å². The lowest BCUT2D eigenvalue weighted by Crippen LogP contribution is -1.97. The van der Waals surface area contributed by atoms with Gasteiger partial charge in [0.15, 0.2) is 0 Å². The molecule has 0 bridgehead atoms. The first kappa shape index (κ1) is 66.8. The first-order valence-corrected chi connectivity index (χ1v) is 36.4. The van der Waals surface area contributed by atoms with Crippen molar-refractivity contribution in [2.24, 2.45) is 0 Å². The molecule has 18 rings (SSSR count). The molecule has 0 aliphatic rings. The zero-order chi connectivity index (χ0) is 72.2. The van der Waals surface area contributed by atoms with Gasteiger partial charge in [-0.25, -0.2) is 19.9 Å². The van der Waals surface area contributed by atoms with Crippen LogP contribution in [-0.2, 0) is 0 Å². The van der Waals surface area contributed by atoms with Crippen molar-refractivity contribution in [2.45, 2.75) is 0 Å². The van der Waals surface area contributed by atoms with Crippen molar-refractivity contribution < 1.29 is 0 Å². The van der Waals surface area contributed by atoms with Gasteiger partial charge in [0.25, 0.3) is 0 Å². The molecule has 0 fully saturated rings. The number of benzene rings is 12. The summed E-state index contributed by atoms with van der Waals surface area (Å²) in [5.74, 6) is 0. The summed E-state index contributed by atoms with van der Waals surface area (Å²) in [6.07, 6.45) is 3.57. The van der Waals surface area contributed by atoms with Gasteiger partial charge < -0.3 is 0 Å². The molecule has 12 aromatic carbocycles. The van der Waals surface area contributed by atoms with E-state index in [4.69, 9.17) is 19.9 Å². The Morgan fingerprint density at radius 2 is 0.296 bits per heavy atom. The minimum absolute atomic E-state index is 0.780. The monoisotopic (exact) mass is 1380 g/mol. The Morgan fingerprint density at radius 3 is 0.593 bits per heavy atom. The van der Waals surface area contributed by atoms with Crippen LogP contribution in [-0.4, -0.2) is 29.9 Å². The fourth-order valence-corrected chi connectivity index (χ4v) is 14.2. The van der Waals surface area contributed by atoms with E-state index in [1.807, 2.05) is 97.1 Å². The third-order valence-electron chi connectivity index (χ3n) is 19.5. The number of rotatable bonds is 16. The third-order valence-corrected chi connectivity index (χ3v) is 19.5. The largest absolute Gasteiger partial charge is 0.255 e. The molecule has 18 aromatic rings. The Balaban J connectivity index is 0.000000158. The highest BCUT2D eigenvalue weighted by Crippen LogP contribution is 2.46. The quantitative estimate of drug-likeness (QED) is 0.0959. The Morgan fingerprint density at radius 1 is 0.111 bits per heavy atom. The van der Waals surface area contributed by atoms with Gasteiger partial charge in [-0.05, 0) is 233 Å². The Labute approximate surface area is 630 Å². The molecular weight excluding hydrogens is 1310 g/mol. The van der Waals surface area contributed by atoms with E-state index in [0.717, 1.165) is 90.3 Å². The summed E-state index contributed by atoms with van der Waals surface area (Å²) < 4.78 is 0. The molecule has 0 spiro atoms.